The highest BCUT2D eigenvalue weighted by atomic mass is 16.7. The van der Waals surface area contributed by atoms with Gasteiger partial charge in [-0.1, -0.05) is 48.5 Å². The van der Waals surface area contributed by atoms with Crippen LogP contribution in [0.25, 0.3) is 10.9 Å². The molecule has 0 saturated carbocycles. The molecule has 0 fully saturated rings. The number of aromatic nitrogens is 1. The number of carbonyl (C=O) groups is 3. The Morgan fingerprint density at radius 2 is 1.34 bits per heavy atom. The molecule has 0 atom stereocenters. The third kappa shape index (κ3) is 6.57. The number of hydrogen-bond donors (Lipinski definition) is 0. The maximum Gasteiger partial charge on any atom is 0.305 e. The average molecular weight is 474 g/mol. The Hall–Kier alpha value is -4.39. The lowest BCUT2D eigenvalue weighted by atomic mass is 10.2. The summed E-state index contributed by atoms with van der Waals surface area (Å²) in [6, 6.07) is 25.8. The number of hydrogen-bond acceptors (Lipinski definition) is 6. The molecule has 0 radical (unpaired) electrons. The van der Waals surface area contributed by atoms with E-state index in [4.69, 9.17) is 14.2 Å². The van der Waals surface area contributed by atoms with Gasteiger partial charge in [0.2, 0.25) is 0 Å². The molecule has 3 aromatic carbocycles. The van der Waals surface area contributed by atoms with Gasteiger partial charge in [0.05, 0.1) is 12.6 Å². The lowest BCUT2D eigenvalue weighted by Crippen LogP contribution is -2.14. The molecule has 0 spiro atoms. The molecule has 0 aliphatic carbocycles. The number of methoxy groups -OCH3 is 1. The zero-order valence-corrected chi connectivity index (χ0v) is 20.1. The van der Waals surface area contributed by atoms with E-state index in [2.05, 4.69) is 0 Å². The maximum atomic E-state index is 12.6. The number of ether oxygens (including phenoxy) is 3. The van der Waals surface area contributed by atoms with Crippen molar-refractivity contribution in [1.29, 1.82) is 0 Å². The fourth-order valence-corrected chi connectivity index (χ4v) is 3.51. The van der Waals surface area contributed by atoms with Crippen molar-refractivity contribution >= 4 is 28.7 Å². The van der Waals surface area contributed by atoms with Gasteiger partial charge in [0.1, 0.15) is 5.75 Å². The Kier molecular flexibility index (Phi) is 8.40. The van der Waals surface area contributed by atoms with Gasteiger partial charge >= 0.3 is 11.9 Å². The standard InChI is InChI=1S/C17H15NO2.C11H12O4/c1-12-10-14-11-15(20-2)8-9-16(14)18(12)17(19)13-6-4-3-5-7-13;1-8(12)14-11(15-9(2)13)10-6-4-3-5-7-10/h3-11H,1-2H3;3-7,11H,1-2H3. The molecule has 0 amide bonds. The number of aryl methyl sites for hydroxylation is 1. The second kappa shape index (κ2) is 11.7. The first-order valence-corrected chi connectivity index (χ1v) is 11.0. The molecule has 1 aromatic heterocycles. The Morgan fingerprint density at radius 3 is 1.89 bits per heavy atom. The first kappa shape index (κ1) is 25.2. The summed E-state index contributed by atoms with van der Waals surface area (Å²) >= 11 is 0. The molecular formula is C28H27NO6. The molecule has 0 N–H and O–H groups in total. The fraction of sp³-hybridized carbons (Fsp3) is 0.179. The second-order valence-electron chi connectivity index (χ2n) is 7.68. The van der Waals surface area contributed by atoms with E-state index in [1.807, 2.05) is 67.6 Å². The summed E-state index contributed by atoms with van der Waals surface area (Å²) in [4.78, 5) is 34.2. The minimum atomic E-state index is -0.957. The summed E-state index contributed by atoms with van der Waals surface area (Å²) in [5.41, 5.74) is 3.13. The van der Waals surface area contributed by atoms with Gasteiger partial charge in [0.25, 0.3) is 12.2 Å². The van der Waals surface area contributed by atoms with Gasteiger partial charge < -0.3 is 14.2 Å². The lowest BCUT2D eigenvalue weighted by molar-refractivity contribution is -0.186. The Morgan fingerprint density at radius 1 is 0.771 bits per heavy atom. The number of carbonyl (C=O) groups excluding carboxylic acids is 3. The van der Waals surface area contributed by atoms with E-state index in [-0.39, 0.29) is 5.91 Å². The van der Waals surface area contributed by atoms with Gasteiger partial charge in [-0.25, -0.2) is 0 Å². The molecule has 0 aliphatic rings. The normalized spacial score (nSPS) is 10.3. The molecule has 180 valence electrons. The van der Waals surface area contributed by atoms with Gasteiger partial charge in [0.15, 0.2) is 0 Å². The van der Waals surface area contributed by atoms with Crippen molar-refractivity contribution in [2.75, 3.05) is 7.11 Å². The molecule has 1 heterocycles. The topological polar surface area (TPSA) is 83.8 Å². The monoisotopic (exact) mass is 473 g/mol. The molecule has 7 heteroatoms. The number of esters is 2. The minimum absolute atomic E-state index is 0.0109. The van der Waals surface area contributed by atoms with E-state index in [9.17, 15) is 14.4 Å². The van der Waals surface area contributed by atoms with Crippen LogP contribution in [-0.4, -0.2) is 29.5 Å². The summed E-state index contributed by atoms with van der Waals surface area (Å²) in [6.07, 6.45) is -0.957. The van der Waals surface area contributed by atoms with E-state index in [0.717, 1.165) is 22.3 Å². The van der Waals surface area contributed by atoms with Crippen molar-refractivity contribution in [1.82, 2.24) is 4.57 Å². The van der Waals surface area contributed by atoms with Crippen molar-refractivity contribution in [2.45, 2.75) is 27.1 Å². The van der Waals surface area contributed by atoms with E-state index < -0.39 is 18.2 Å². The molecule has 35 heavy (non-hydrogen) atoms. The molecule has 0 bridgehead atoms. The van der Waals surface area contributed by atoms with Crippen LogP contribution in [0.2, 0.25) is 0 Å². The zero-order valence-electron chi connectivity index (χ0n) is 20.1. The summed E-state index contributed by atoms with van der Waals surface area (Å²) in [5, 5.41) is 1.01. The van der Waals surface area contributed by atoms with Crippen LogP contribution in [0.5, 0.6) is 5.75 Å². The predicted molar refractivity (Wildman–Crippen MR) is 132 cm³/mol. The fourth-order valence-electron chi connectivity index (χ4n) is 3.51. The van der Waals surface area contributed by atoms with E-state index >= 15 is 0 Å². The molecular weight excluding hydrogens is 446 g/mol. The van der Waals surface area contributed by atoms with Crippen molar-refractivity contribution in [3.63, 3.8) is 0 Å². The van der Waals surface area contributed by atoms with Crippen LogP contribution in [0.3, 0.4) is 0 Å². The van der Waals surface area contributed by atoms with Crippen molar-refractivity contribution in [3.05, 3.63) is 102 Å². The van der Waals surface area contributed by atoms with E-state index in [1.54, 1.807) is 35.9 Å². The highest BCUT2D eigenvalue weighted by Gasteiger charge is 2.17. The third-order valence-corrected chi connectivity index (χ3v) is 5.03. The second-order valence-corrected chi connectivity index (χ2v) is 7.68. The van der Waals surface area contributed by atoms with Crippen molar-refractivity contribution in [2.24, 2.45) is 0 Å². The largest absolute Gasteiger partial charge is 0.497 e. The maximum absolute atomic E-state index is 12.6. The summed E-state index contributed by atoms with van der Waals surface area (Å²) in [5.74, 6) is -0.208. The molecule has 7 nitrogen and oxygen atoms in total. The van der Waals surface area contributed by atoms with Crippen LogP contribution in [0.1, 0.15) is 41.8 Å². The summed E-state index contributed by atoms with van der Waals surface area (Å²) in [6.45, 7) is 4.46. The lowest BCUT2D eigenvalue weighted by Gasteiger charge is -2.16. The van der Waals surface area contributed by atoms with Gasteiger partial charge in [-0.05, 0) is 43.3 Å². The van der Waals surface area contributed by atoms with Crippen LogP contribution < -0.4 is 4.74 Å². The van der Waals surface area contributed by atoms with E-state index in [1.165, 1.54) is 13.8 Å². The van der Waals surface area contributed by atoms with Gasteiger partial charge in [-0.3, -0.25) is 19.0 Å². The van der Waals surface area contributed by atoms with Gasteiger partial charge in [-0.15, -0.1) is 0 Å². The van der Waals surface area contributed by atoms with E-state index in [0.29, 0.717) is 11.1 Å². The number of nitrogens with zero attached hydrogens (tertiary/aromatic N) is 1. The molecule has 4 aromatic rings. The number of benzene rings is 3. The van der Waals surface area contributed by atoms with Crippen LogP contribution in [0, 0.1) is 6.92 Å². The SMILES string of the molecule is CC(=O)OC(OC(C)=O)c1ccccc1.COc1ccc2c(c1)cc(C)n2C(=O)c1ccccc1. The van der Waals surface area contributed by atoms with Crippen LogP contribution >= 0.6 is 0 Å². The van der Waals surface area contributed by atoms with Gasteiger partial charge in [0, 0.05) is 36.1 Å². The Bertz CT molecular complexity index is 1300. The van der Waals surface area contributed by atoms with Gasteiger partial charge in [-0.2, -0.15) is 0 Å². The molecule has 0 aliphatic heterocycles. The van der Waals surface area contributed by atoms with Crippen molar-refractivity contribution < 1.29 is 28.6 Å². The summed E-state index contributed by atoms with van der Waals surface area (Å²) in [7, 11) is 1.64. The Labute approximate surface area is 203 Å². The summed E-state index contributed by atoms with van der Waals surface area (Å²) < 4.78 is 16.7. The quantitative estimate of drug-likeness (QED) is 0.283. The zero-order chi connectivity index (χ0) is 25.4. The predicted octanol–water partition coefficient (Wildman–Crippen LogP) is 5.46. The van der Waals surface area contributed by atoms with Crippen LogP contribution in [0.4, 0.5) is 0 Å². The highest BCUT2D eigenvalue weighted by Crippen LogP contribution is 2.25. The Balaban J connectivity index is 0.000000205. The van der Waals surface area contributed by atoms with Crippen LogP contribution in [-0.2, 0) is 19.1 Å². The average Bonchev–Trinajstić information content (AvgIpc) is 3.18. The smallest absolute Gasteiger partial charge is 0.305 e. The third-order valence-electron chi connectivity index (χ3n) is 5.03. The molecule has 4 rings (SSSR count). The van der Waals surface area contributed by atoms with Crippen LogP contribution in [0.15, 0.2) is 84.9 Å². The number of rotatable bonds is 5. The first-order valence-electron chi connectivity index (χ1n) is 11.0. The molecule has 0 unspecified atom stereocenters. The minimum Gasteiger partial charge on any atom is -0.497 e. The molecule has 0 saturated heterocycles. The van der Waals surface area contributed by atoms with Crippen molar-refractivity contribution in [3.8, 4) is 5.75 Å². The highest BCUT2D eigenvalue weighted by molar-refractivity contribution is 6.03. The number of fused-ring (bicyclic) bond motifs is 1. The first-order chi connectivity index (χ1) is 16.8.